The second kappa shape index (κ2) is 8.13. The Morgan fingerprint density at radius 3 is 2.33 bits per heavy atom. The fourth-order valence-corrected chi connectivity index (χ4v) is 3.27. The van der Waals surface area contributed by atoms with E-state index in [1.165, 1.54) is 32.1 Å². The van der Waals surface area contributed by atoms with Gasteiger partial charge in [0.25, 0.3) is 0 Å². The van der Waals surface area contributed by atoms with Crippen molar-refractivity contribution >= 4 is 0 Å². The molecule has 1 N–H and O–H groups in total. The minimum atomic E-state index is 0.294. The van der Waals surface area contributed by atoms with Crippen molar-refractivity contribution in [1.29, 1.82) is 0 Å². The van der Waals surface area contributed by atoms with E-state index in [0.29, 0.717) is 11.6 Å². The normalized spacial score (nSPS) is 21.2. The van der Waals surface area contributed by atoms with Crippen molar-refractivity contribution in [3.8, 4) is 0 Å². The molecule has 0 spiro atoms. The Balaban J connectivity index is 2.69. The van der Waals surface area contributed by atoms with Crippen molar-refractivity contribution in [2.24, 2.45) is 0 Å². The van der Waals surface area contributed by atoms with E-state index >= 15 is 0 Å². The lowest BCUT2D eigenvalue weighted by Crippen LogP contribution is -2.61. The Morgan fingerprint density at radius 2 is 1.83 bits per heavy atom. The molecule has 1 fully saturated rings. The number of nitrogens with zero attached hydrogens (tertiary/aromatic N) is 1. The lowest BCUT2D eigenvalue weighted by molar-refractivity contribution is 0.00805. The van der Waals surface area contributed by atoms with Crippen molar-refractivity contribution < 1.29 is 4.74 Å². The van der Waals surface area contributed by atoms with Crippen LogP contribution in [0, 0.1) is 0 Å². The summed E-state index contributed by atoms with van der Waals surface area (Å²) >= 11 is 0. The number of rotatable bonds is 8. The number of ether oxygens (including phenoxy) is 1. The second-order valence-electron chi connectivity index (χ2n) is 5.74. The van der Waals surface area contributed by atoms with Gasteiger partial charge in [0.05, 0.1) is 6.61 Å². The predicted molar refractivity (Wildman–Crippen MR) is 78.1 cm³/mol. The number of hydrogen-bond donors (Lipinski definition) is 1. The first-order valence-electron chi connectivity index (χ1n) is 7.66. The smallest absolute Gasteiger partial charge is 0.0637 e. The van der Waals surface area contributed by atoms with Crippen molar-refractivity contribution in [2.75, 3.05) is 33.9 Å². The Kier molecular flexibility index (Phi) is 7.20. The maximum Gasteiger partial charge on any atom is 0.0637 e. The fraction of sp³-hybridized carbons (Fsp3) is 1.00. The second-order valence-corrected chi connectivity index (χ2v) is 5.74. The van der Waals surface area contributed by atoms with Crippen molar-refractivity contribution in [1.82, 2.24) is 10.2 Å². The van der Waals surface area contributed by atoms with Crippen LogP contribution >= 0.6 is 0 Å². The van der Waals surface area contributed by atoms with E-state index in [-0.39, 0.29) is 0 Å². The minimum Gasteiger partial charge on any atom is -0.380 e. The molecule has 0 aromatic carbocycles. The Labute approximate surface area is 113 Å². The summed E-state index contributed by atoms with van der Waals surface area (Å²) in [5, 5.41) is 3.67. The number of likely N-dealkylation sites (N-methyl/N-ethyl adjacent to an activating group) is 2. The molecule has 3 nitrogen and oxygen atoms in total. The van der Waals surface area contributed by atoms with Gasteiger partial charge >= 0.3 is 0 Å². The molecule has 0 aliphatic heterocycles. The predicted octanol–water partition coefficient (Wildman–Crippen LogP) is 2.66. The molecule has 1 aliphatic rings. The zero-order valence-electron chi connectivity index (χ0n) is 12.8. The van der Waals surface area contributed by atoms with Crippen LogP contribution in [-0.2, 0) is 4.74 Å². The first-order valence-corrected chi connectivity index (χ1v) is 7.66. The third-order valence-electron chi connectivity index (χ3n) is 4.34. The van der Waals surface area contributed by atoms with Gasteiger partial charge in [-0.1, -0.05) is 33.1 Å². The SMILES string of the molecule is CCCOCC(NCC)C1(N(C)C)CCCCC1. The highest BCUT2D eigenvalue weighted by atomic mass is 16.5. The minimum absolute atomic E-state index is 0.294. The highest BCUT2D eigenvalue weighted by Gasteiger charge is 2.41. The standard InChI is InChI=1S/C15H32N2O/c1-5-12-18-13-14(16-6-2)15(17(3)4)10-8-7-9-11-15/h14,16H,5-13H2,1-4H3. The van der Waals surface area contributed by atoms with Crippen LogP contribution in [-0.4, -0.2) is 50.3 Å². The fourth-order valence-electron chi connectivity index (χ4n) is 3.27. The molecule has 3 heteroatoms. The van der Waals surface area contributed by atoms with E-state index < -0.39 is 0 Å². The van der Waals surface area contributed by atoms with Crippen LogP contribution in [0.2, 0.25) is 0 Å². The van der Waals surface area contributed by atoms with Crippen LogP contribution in [0.15, 0.2) is 0 Å². The summed E-state index contributed by atoms with van der Waals surface area (Å²) in [5.41, 5.74) is 0.294. The average molecular weight is 256 g/mol. The molecule has 0 amide bonds. The molecule has 18 heavy (non-hydrogen) atoms. The molecular formula is C15H32N2O. The summed E-state index contributed by atoms with van der Waals surface area (Å²) < 4.78 is 5.84. The molecule has 0 saturated heterocycles. The number of hydrogen-bond acceptors (Lipinski definition) is 3. The van der Waals surface area contributed by atoms with Crippen LogP contribution in [0.1, 0.15) is 52.4 Å². The average Bonchev–Trinajstić information content (AvgIpc) is 2.38. The Hall–Kier alpha value is -0.120. The van der Waals surface area contributed by atoms with Crippen LogP contribution in [0.5, 0.6) is 0 Å². The van der Waals surface area contributed by atoms with E-state index in [1.807, 2.05) is 0 Å². The molecule has 0 radical (unpaired) electrons. The van der Waals surface area contributed by atoms with Crippen LogP contribution in [0.4, 0.5) is 0 Å². The third kappa shape index (κ3) is 3.94. The van der Waals surface area contributed by atoms with Crippen molar-refractivity contribution in [3.05, 3.63) is 0 Å². The Bertz CT molecular complexity index is 213. The first kappa shape index (κ1) is 15.9. The lowest BCUT2D eigenvalue weighted by atomic mass is 9.75. The zero-order valence-corrected chi connectivity index (χ0v) is 12.8. The summed E-state index contributed by atoms with van der Waals surface area (Å²) in [4.78, 5) is 2.44. The molecule has 0 bridgehead atoms. The van der Waals surface area contributed by atoms with Crippen LogP contribution in [0.25, 0.3) is 0 Å². The van der Waals surface area contributed by atoms with E-state index in [1.54, 1.807) is 0 Å². The molecular weight excluding hydrogens is 224 g/mol. The molecule has 1 rings (SSSR count). The molecule has 0 aromatic rings. The molecule has 1 atom stereocenters. The summed E-state index contributed by atoms with van der Waals surface area (Å²) in [6.07, 6.45) is 7.81. The van der Waals surface area contributed by atoms with E-state index in [0.717, 1.165) is 26.2 Å². The van der Waals surface area contributed by atoms with Crippen LogP contribution < -0.4 is 5.32 Å². The van der Waals surface area contributed by atoms with Gasteiger partial charge in [0, 0.05) is 18.2 Å². The first-order chi connectivity index (χ1) is 8.67. The van der Waals surface area contributed by atoms with Gasteiger partial charge in [-0.3, -0.25) is 0 Å². The summed E-state index contributed by atoms with van der Waals surface area (Å²) in [7, 11) is 4.46. The van der Waals surface area contributed by atoms with Gasteiger partial charge in [0.15, 0.2) is 0 Å². The van der Waals surface area contributed by atoms with Crippen molar-refractivity contribution in [2.45, 2.75) is 64.0 Å². The van der Waals surface area contributed by atoms with Crippen LogP contribution in [0.3, 0.4) is 0 Å². The highest BCUT2D eigenvalue weighted by Crippen LogP contribution is 2.35. The quantitative estimate of drug-likeness (QED) is 0.676. The summed E-state index contributed by atoms with van der Waals surface area (Å²) in [6, 6.07) is 0.462. The molecule has 108 valence electrons. The highest BCUT2D eigenvalue weighted by molar-refractivity contribution is 5.00. The van der Waals surface area contributed by atoms with Gasteiger partial charge in [-0.2, -0.15) is 0 Å². The van der Waals surface area contributed by atoms with Crippen molar-refractivity contribution in [3.63, 3.8) is 0 Å². The monoisotopic (exact) mass is 256 g/mol. The van der Waals surface area contributed by atoms with Gasteiger partial charge in [-0.05, 0) is 39.9 Å². The molecule has 1 saturated carbocycles. The van der Waals surface area contributed by atoms with Gasteiger partial charge in [0.2, 0.25) is 0 Å². The zero-order chi connectivity index (χ0) is 13.4. The number of nitrogens with one attached hydrogen (secondary N) is 1. The van der Waals surface area contributed by atoms with Gasteiger partial charge < -0.3 is 15.0 Å². The summed E-state index contributed by atoms with van der Waals surface area (Å²) in [6.45, 7) is 7.12. The largest absolute Gasteiger partial charge is 0.380 e. The van der Waals surface area contributed by atoms with Gasteiger partial charge in [-0.15, -0.1) is 0 Å². The van der Waals surface area contributed by atoms with Gasteiger partial charge in [-0.25, -0.2) is 0 Å². The lowest BCUT2D eigenvalue weighted by Gasteiger charge is -2.48. The van der Waals surface area contributed by atoms with E-state index in [4.69, 9.17) is 4.74 Å². The molecule has 1 unspecified atom stereocenters. The molecule has 1 aliphatic carbocycles. The third-order valence-corrected chi connectivity index (χ3v) is 4.34. The Morgan fingerprint density at radius 1 is 1.17 bits per heavy atom. The maximum absolute atomic E-state index is 5.84. The summed E-state index contributed by atoms with van der Waals surface area (Å²) in [5.74, 6) is 0. The van der Waals surface area contributed by atoms with E-state index in [9.17, 15) is 0 Å². The van der Waals surface area contributed by atoms with E-state index in [2.05, 4.69) is 38.2 Å². The topological polar surface area (TPSA) is 24.5 Å². The van der Waals surface area contributed by atoms with Gasteiger partial charge in [0.1, 0.15) is 0 Å². The maximum atomic E-state index is 5.84. The molecule has 0 heterocycles. The molecule has 0 aromatic heterocycles.